The SMILES string of the molecule is C/C=C/COc1cc(C)c(S(=O)(=O)Cl)cc1[N+](=O)[O-]. The van der Waals surface area contributed by atoms with Gasteiger partial charge in [0.15, 0.2) is 5.75 Å². The third-order valence-electron chi connectivity index (χ3n) is 2.29. The third-order valence-corrected chi connectivity index (χ3v) is 3.75. The Bertz CT molecular complexity index is 624. The summed E-state index contributed by atoms with van der Waals surface area (Å²) in [5.74, 6) is 0.00432. The lowest BCUT2D eigenvalue weighted by molar-refractivity contribution is -0.386. The molecule has 0 aliphatic heterocycles. The van der Waals surface area contributed by atoms with Gasteiger partial charge < -0.3 is 4.74 Å². The average molecular weight is 306 g/mol. The molecule has 0 saturated heterocycles. The fourth-order valence-electron chi connectivity index (χ4n) is 1.41. The monoisotopic (exact) mass is 305 g/mol. The number of ether oxygens (including phenoxy) is 1. The molecule has 0 atom stereocenters. The normalized spacial score (nSPS) is 11.7. The van der Waals surface area contributed by atoms with Crippen molar-refractivity contribution in [1.29, 1.82) is 0 Å². The maximum atomic E-state index is 11.3. The van der Waals surface area contributed by atoms with E-state index in [-0.39, 0.29) is 22.8 Å². The van der Waals surface area contributed by atoms with Crippen LogP contribution in [-0.2, 0) is 9.05 Å². The summed E-state index contributed by atoms with van der Waals surface area (Å²) >= 11 is 0. The Kier molecular flexibility index (Phi) is 4.90. The fourth-order valence-corrected chi connectivity index (χ4v) is 2.60. The second-order valence-electron chi connectivity index (χ2n) is 3.66. The molecule has 0 aliphatic rings. The summed E-state index contributed by atoms with van der Waals surface area (Å²) in [7, 11) is 1.18. The molecule has 0 aromatic heterocycles. The molecule has 0 bridgehead atoms. The minimum absolute atomic E-state index is 0.00432. The van der Waals surface area contributed by atoms with Crippen molar-refractivity contribution >= 4 is 25.4 Å². The molecule has 0 N–H and O–H groups in total. The van der Waals surface area contributed by atoms with Crippen LogP contribution in [0.5, 0.6) is 5.75 Å². The van der Waals surface area contributed by atoms with Gasteiger partial charge in [-0.25, -0.2) is 8.42 Å². The second-order valence-corrected chi connectivity index (χ2v) is 6.19. The summed E-state index contributed by atoms with van der Waals surface area (Å²) in [6.45, 7) is 3.43. The molecular formula is C11H12ClNO5S. The second kappa shape index (κ2) is 6.03. The van der Waals surface area contributed by atoms with Gasteiger partial charge in [-0.1, -0.05) is 12.2 Å². The number of rotatable bonds is 5. The maximum Gasteiger partial charge on any atom is 0.312 e. The largest absolute Gasteiger partial charge is 0.483 e. The zero-order valence-corrected chi connectivity index (χ0v) is 11.9. The van der Waals surface area contributed by atoms with E-state index in [1.54, 1.807) is 19.1 Å². The molecule has 0 saturated carbocycles. The summed E-state index contributed by atoms with van der Waals surface area (Å²) in [6.07, 6.45) is 3.40. The Morgan fingerprint density at radius 1 is 1.47 bits per heavy atom. The number of nitro benzene ring substituents is 1. The van der Waals surface area contributed by atoms with Crippen LogP contribution in [0.3, 0.4) is 0 Å². The standard InChI is InChI=1S/C11H12ClNO5S/c1-3-4-5-18-10-6-8(2)11(19(12,16)17)7-9(10)13(14)15/h3-4,6-7H,5H2,1-2H3/b4-3+. The van der Waals surface area contributed by atoms with E-state index in [4.69, 9.17) is 15.4 Å². The van der Waals surface area contributed by atoms with Crippen molar-refractivity contribution < 1.29 is 18.1 Å². The van der Waals surface area contributed by atoms with Gasteiger partial charge in [0.05, 0.1) is 9.82 Å². The molecule has 19 heavy (non-hydrogen) atoms. The number of aryl methyl sites for hydroxylation is 1. The van der Waals surface area contributed by atoms with Gasteiger partial charge in [-0.2, -0.15) is 0 Å². The van der Waals surface area contributed by atoms with Crippen LogP contribution in [0.15, 0.2) is 29.2 Å². The van der Waals surface area contributed by atoms with Gasteiger partial charge in [-0.05, 0) is 25.5 Å². The van der Waals surface area contributed by atoms with E-state index < -0.39 is 19.7 Å². The van der Waals surface area contributed by atoms with Crippen LogP contribution in [0.25, 0.3) is 0 Å². The van der Waals surface area contributed by atoms with Crippen molar-refractivity contribution in [2.24, 2.45) is 0 Å². The van der Waals surface area contributed by atoms with Crippen molar-refractivity contribution in [3.8, 4) is 5.75 Å². The Hall–Kier alpha value is -1.60. The number of hydrogen-bond acceptors (Lipinski definition) is 5. The summed E-state index contributed by atoms with van der Waals surface area (Å²) < 4.78 is 27.8. The molecule has 8 heteroatoms. The number of nitro groups is 1. The molecule has 0 fully saturated rings. The van der Waals surface area contributed by atoms with Crippen LogP contribution >= 0.6 is 10.7 Å². The number of hydrogen-bond donors (Lipinski definition) is 0. The zero-order chi connectivity index (χ0) is 14.6. The van der Waals surface area contributed by atoms with Crippen molar-refractivity contribution in [2.75, 3.05) is 6.61 Å². The first-order chi connectivity index (χ1) is 8.77. The Balaban J connectivity index is 3.33. The first-order valence-electron chi connectivity index (χ1n) is 5.25. The number of nitrogens with zero attached hydrogens (tertiary/aromatic N) is 1. The number of halogens is 1. The summed E-state index contributed by atoms with van der Waals surface area (Å²) in [6, 6.07) is 2.19. The van der Waals surface area contributed by atoms with Crippen LogP contribution in [0.1, 0.15) is 12.5 Å². The van der Waals surface area contributed by atoms with Gasteiger partial charge in [0.2, 0.25) is 0 Å². The van der Waals surface area contributed by atoms with Crippen LogP contribution in [0, 0.1) is 17.0 Å². The van der Waals surface area contributed by atoms with Gasteiger partial charge in [-0.15, -0.1) is 0 Å². The van der Waals surface area contributed by atoms with Gasteiger partial charge in [0.25, 0.3) is 9.05 Å². The molecular weight excluding hydrogens is 294 g/mol. The lowest BCUT2D eigenvalue weighted by Gasteiger charge is -2.08. The summed E-state index contributed by atoms with van der Waals surface area (Å²) in [4.78, 5) is 9.91. The van der Waals surface area contributed by atoms with Crippen molar-refractivity contribution in [3.63, 3.8) is 0 Å². The van der Waals surface area contributed by atoms with E-state index in [1.807, 2.05) is 0 Å². The lowest BCUT2D eigenvalue weighted by atomic mass is 10.2. The Morgan fingerprint density at radius 2 is 2.11 bits per heavy atom. The topological polar surface area (TPSA) is 86.5 Å². The molecule has 0 radical (unpaired) electrons. The smallest absolute Gasteiger partial charge is 0.312 e. The van der Waals surface area contributed by atoms with Crippen molar-refractivity contribution in [3.05, 3.63) is 40.0 Å². The highest BCUT2D eigenvalue weighted by Crippen LogP contribution is 2.33. The van der Waals surface area contributed by atoms with E-state index in [2.05, 4.69) is 0 Å². The lowest BCUT2D eigenvalue weighted by Crippen LogP contribution is -2.02. The summed E-state index contributed by atoms with van der Waals surface area (Å²) in [5, 5.41) is 10.9. The molecule has 104 valence electrons. The number of allylic oxidation sites excluding steroid dienone is 1. The van der Waals surface area contributed by atoms with E-state index >= 15 is 0 Å². The highest BCUT2D eigenvalue weighted by Gasteiger charge is 2.23. The van der Waals surface area contributed by atoms with Gasteiger partial charge in [-0.3, -0.25) is 10.1 Å². The van der Waals surface area contributed by atoms with Crippen LogP contribution < -0.4 is 4.74 Å². The van der Waals surface area contributed by atoms with Gasteiger partial charge in [0, 0.05) is 16.7 Å². The van der Waals surface area contributed by atoms with Gasteiger partial charge >= 0.3 is 5.69 Å². The number of benzene rings is 1. The maximum absolute atomic E-state index is 11.3. The van der Waals surface area contributed by atoms with E-state index in [1.165, 1.54) is 13.0 Å². The minimum atomic E-state index is -4.03. The van der Waals surface area contributed by atoms with Crippen LogP contribution in [0.2, 0.25) is 0 Å². The molecule has 1 aromatic carbocycles. The van der Waals surface area contributed by atoms with E-state index in [0.29, 0.717) is 0 Å². The molecule has 1 rings (SSSR count). The highest BCUT2D eigenvalue weighted by atomic mass is 35.7. The molecule has 0 heterocycles. The predicted octanol–water partition coefficient (Wildman–Crippen LogP) is 2.79. The van der Waals surface area contributed by atoms with Crippen LogP contribution in [0.4, 0.5) is 5.69 Å². The molecule has 0 amide bonds. The Labute approximate surface area is 115 Å². The van der Waals surface area contributed by atoms with E-state index in [9.17, 15) is 18.5 Å². The van der Waals surface area contributed by atoms with Crippen LogP contribution in [-0.4, -0.2) is 19.9 Å². The first-order valence-corrected chi connectivity index (χ1v) is 7.56. The fraction of sp³-hybridized carbons (Fsp3) is 0.273. The molecule has 0 unspecified atom stereocenters. The molecule has 0 aliphatic carbocycles. The molecule has 0 spiro atoms. The van der Waals surface area contributed by atoms with Gasteiger partial charge in [0.1, 0.15) is 6.61 Å². The first kappa shape index (κ1) is 15.5. The van der Waals surface area contributed by atoms with Crippen molar-refractivity contribution in [2.45, 2.75) is 18.7 Å². The average Bonchev–Trinajstić information content (AvgIpc) is 2.27. The van der Waals surface area contributed by atoms with E-state index in [0.717, 1.165) is 6.07 Å². The summed E-state index contributed by atoms with van der Waals surface area (Å²) in [5.41, 5.74) is -0.148. The third kappa shape index (κ3) is 3.93. The van der Waals surface area contributed by atoms with Crippen molar-refractivity contribution in [1.82, 2.24) is 0 Å². The Morgan fingerprint density at radius 3 is 2.58 bits per heavy atom. The minimum Gasteiger partial charge on any atom is -0.483 e. The predicted molar refractivity (Wildman–Crippen MR) is 71.2 cm³/mol. The molecule has 6 nitrogen and oxygen atoms in total. The quantitative estimate of drug-likeness (QED) is 0.361. The highest BCUT2D eigenvalue weighted by molar-refractivity contribution is 8.13. The molecule has 1 aromatic rings. The zero-order valence-electron chi connectivity index (χ0n) is 10.3.